The molecule has 1 aliphatic carbocycles. The van der Waals surface area contributed by atoms with Gasteiger partial charge in [-0.3, -0.25) is 0 Å². The van der Waals surface area contributed by atoms with Gasteiger partial charge in [0, 0.05) is 11.7 Å². The summed E-state index contributed by atoms with van der Waals surface area (Å²) in [6, 6.07) is 20.1. The molecule has 0 heterocycles. The second kappa shape index (κ2) is 6.34. The quantitative estimate of drug-likeness (QED) is 0.772. The smallest absolute Gasteiger partial charge is 0.0342 e. The first-order valence-corrected chi connectivity index (χ1v) is 8.14. The van der Waals surface area contributed by atoms with Crippen LogP contribution in [0.5, 0.6) is 0 Å². The van der Waals surface area contributed by atoms with Gasteiger partial charge in [0.1, 0.15) is 0 Å². The molecule has 1 nitrogen and oxygen atoms in total. The van der Waals surface area contributed by atoms with Gasteiger partial charge in [0.2, 0.25) is 0 Å². The van der Waals surface area contributed by atoms with Crippen LogP contribution in [0, 0.1) is 11.8 Å². The van der Waals surface area contributed by atoms with Gasteiger partial charge in [0.25, 0.3) is 0 Å². The minimum atomic E-state index is 0.628. The Morgan fingerprint density at radius 1 is 0.810 bits per heavy atom. The Kier molecular flexibility index (Phi) is 4.28. The molecule has 0 amide bonds. The Morgan fingerprint density at radius 2 is 1.48 bits per heavy atom. The van der Waals surface area contributed by atoms with Crippen LogP contribution >= 0.6 is 0 Å². The van der Waals surface area contributed by atoms with Crippen molar-refractivity contribution >= 4 is 5.69 Å². The maximum atomic E-state index is 3.73. The molecule has 110 valence electrons. The molecule has 2 aromatic rings. The summed E-state index contributed by atoms with van der Waals surface area (Å²) in [7, 11) is 0. The Labute approximate surface area is 128 Å². The number of benzene rings is 2. The van der Waals surface area contributed by atoms with Crippen LogP contribution in [-0.2, 0) is 0 Å². The molecule has 2 aromatic carbocycles. The molecule has 3 rings (SSSR count). The molecule has 0 aliphatic heterocycles. The molecule has 0 spiro atoms. The van der Waals surface area contributed by atoms with Gasteiger partial charge in [-0.25, -0.2) is 0 Å². The van der Waals surface area contributed by atoms with E-state index in [4.69, 9.17) is 0 Å². The number of hydrogen-bond acceptors (Lipinski definition) is 1. The topological polar surface area (TPSA) is 12.0 Å². The van der Waals surface area contributed by atoms with Crippen molar-refractivity contribution in [2.45, 2.75) is 39.2 Å². The van der Waals surface area contributed by atoms with Gasteiger partial charge < -0.3 is 5.32 Å². The number of rotatable bonds is 3. The molecule has 1 heteroatoms. The fraction of sp³-hybridized carbons (Fsp3) is 0.400. The van der Waals surface area contributed by atoms with Gasteiger partial charge >= 0.3 is 0 Å². The van der Waals surface area contributed by atoms with E-state index in [9.17, 15) is 0 Å². The minimum Gasteiger partial charge on any atom is -0.382 e. The highest BCUT2D eigenvalue weighted by molar-refractivity contribution is 5.65. The first kappa shape index (κ1) is 14.2. The molecule has 0 bridgehead atoms. The molecule has 0 radical (unpaired) electrons. The maximum Gasteiger partial charge on any atom is 0.0342 e. The van der Waals surface area contributed by atoms with Crippen LogP contribution in [0.25, 0.3) is 11.1 Å². The Morgan fingerprint density at radius 3 is 2.14 bits per heavy atom. The summed E-state index contributed by atoms with van der Waals surface area (Å²) in [5.74, 6) is 1.65. The van der Waals surface area contributed by atoms with Crippen LogP contribution in [0.2, 0.25) is 0 Å². The first-order valence-electron chi connectivity index (χ1n) is 8.14. The molecule has 1 N–H and O–H groups in total. The zero-order valence-corrected chi connectivity index (χ0v) is 13.0. The molecule has 3 atom stereocenters. The number of anilines is 1. The Hall–Kier alpha value is -1.76. The van der Waals surface area contributed by atoms with E-state index in [1.54, 1.807) is 0 Å². The molecule has 3 unspecified atom stereocenters. The normalized spacial score (nSPS) is 25.5. The lowest BCUT2D eigenvalue weighted by molar-refractivity contribution is 0.276. The molecule has 21 heavy (non-hydrogen) atoms. The van der Waals surface area contributed by atoms with Crippen LogP contribution in [0.4, 0.5) is 5.69 Å². The van der Waals surface area contributed by atoms with E-state index in [2.05, 4.69) is 73.8 Å². The highest BCUT2D eigenvalue weighted by atomic mass is 14.9. The largest absolute Gasteiger partial charge is 0.382 e. The third-order valence-electron chi connectivity index (χ3n) is 4.78. The van der Waals surface area contributed by atoms with Gasteiger partial charge in [0.15, 0.2) is 0 Å². The first-order chi connectivity index (χ1) is 10.2. The minimum absolute atomic E-state index is 0.628. The fourth-order valence-corrected chi connectivity index (χ4v) is 3.48. The van der Waals surface area contributed by atoms with Crippen LogP contribution in [0.3, 0.4) is 0 Å². The van der Waals surface area contributed by atoms with Crippen molar-refractivity contribution in [2.24, 2.45) is 11.8 Å². The lowest BCUT2D eigenvalue weighted by Gasteiger charge is -2.33. The van der Waals surface area contributed by atoms with Crippen molar-refractivity contribution < 1.29 is 0 Å². The van der Waals surface area contributed by atoms with Crippen LogP contribution in [0.1, 0.15) is 33.1 Å². The van der Waals surface area contributed by atoms with Crippen molar-refractivity contribution in [3.05, 3.63) is 54.6 Å². The third kappa shape index (κ3) is 3.47. The predicted molar refractivity (Wildman–Crippen MR) is 91.5 cm³/mol. The molecule has 1 fully saturated rings. The molecule has 0 saturated heterocycles. The van der Waals surface area contributed by atoms with E-state index in [0.717, 1.165) is 11.8 Å². The van der Waals surface area contributed by atoms with Crippen LogP contribution in [-0.4, -0.2) is 6.04 Å². The summed E-state index contributed by atoms with van der Waals surface area (Å²) >= 11 is 0. The Bertz CT molecular complexity index is 558. The van der Waals surface area contributed by atoms with E-state index in [1.165, 1.54) is 36.1 Å². The van der Waals surface area contributed by atoms with E-state index < -0.39 is 0 Å². The van der Waals surface area contributed by atoms with E-state index >= 15 is 0 Å². The zero-order valence-electron chi connectivity index (χ0n) is 13.0. The Balaban J connectivity index is 1.67. The van der Waals surface area contributed by atoms with E-state index in [-0.39, 0.29) is 0 Å². The maximum absolute atomic E-state index is 3.73. The highest BCUT2D eigenvalue weighted by Gasteiger charge is 2.24. The van der Waals surface area contributed by atoms with Crippen molar-refractivity contribution in [1.29, 1.82) is 0 Å². The molecule has 0 aromatic heterocycles. The van der Waals surface area contributed by atoms with Gasteiger partial charge in [-0.2, -0.15) is 0 Å². The average Bonchev–Trinajstić information content (AvgIpc) is 2.52. The summed E-state index contributed by atoms with van der Waals surface area (Å²) in [5, 5.41) is 3.73. The van der Waals surface area contributed by atoms with Crippen LogP contribution < -0.4 is 5.32 Å². The summed E-state index contributed by atoms with van der Waals surface area (Å²) in [6.07, 6.45) is 3.99. The SMILES string of the molecule is CC1CCC(Nc2ccc(-c3ccccc3)cc2)C(C)C1. The summed E-state index contributed by atoms with van der Waals surface area (Å²) in [6.45, 7) is 4.76. The summed E-state index contributed by atoms with van der Waals surface area (Å²) in [4.78, 5) is 0. The lowest BCUT2D eigenvalue weighted by atomic mass is 9.80. The van der Waals surface area contributed by atoms with Crippen LogP contribution in [0.15, 0.2) is 54.6 Å². The number of hydrogen-bond donors (Lipinski definition) is 1. The lowest BCUT2D eigenvalue weighted by Crippen LogP contribution is -2.32. The summed E-state index contributed by atoms with van der Waals surface area (Å²) < 4.78 is 0. The van der Waals surface area contributed by atoms with Gasteiger partial charge in [0.05, 0.1) is 0 Å². The fourth-order valence-electron chi connectivity index (χ4n) is 3.48. The van der Waals surface area contributed by atoms with Gasteiger partial charge in [-0.15, -0.1) is 0 Å². The number of nitrogens with one attached hydrogen (secondary N) is 1. The second-order valence-electron chi connectivity index (χ2n) is 6.59. The zero-order chi connectivity index (χ0) is 14.7. The van der Waals surface area contributed by atoms with Crippen molar-refractivity contribution in [3.63, 3.8) is 0 Å². The predicted octanol–water partition coefficient (Wildman–Crippen LogP) is 5.59. The second-order valence-corrected chi connectivity index (χ2v) is 6.59. The highest BCUT2D eigenvalue weighted by Crippen LogP contribution is 2.31. The monoisotopic (exact) mass is 279 g/mol. The van der Waals surface area contributed by atoms with Crippen molar-refractivity contribution in [2.75, 3.05) is 5.32 Å². The average molecular weight is 279 g/mol. The molecule has 1 saturated carbocycles. The third-order valence-corrected chi connectivity index (χ3v) is 4.78. The van der Waals surface area contributed by atoms with Crippen molar-refractivity contribution in [3.8, 4) is 11.1 Å². The molecular weight excluding hydrogens is 254 g/mol. The van der Waals surface area contributed by atoms with E-state index in [0.29, 0.717) is 6.04 Å². The standard InChI is InChI=1S/C20H25N/c1-15-8-13-20(16(2)14-15)21-19-11-9-18(10-12-19)17-6-4-3-5-7-17/h3-7,9-12,15-16,20-21H,8,13-14H2,1-2H3. The van der Waals surface area contributed by atoms with E-state index in [1.807, 2.05) is 0 Å². The van der Waals surface area contributed by atoms with Gasteiger partial charge in [-0.05, 0) is 54.4 Å². The summed E-state index contributed by atoms with van der Waals surface area (Å²) in [5.41, 5.74) is 3.82. The van der Waals surface area contributed by atoms with Crippen molar-refractivity contribution in [1.82, 2.24) is 0 Å². The molecule has 1 aliphatic rings. The molecular formula is C20H25N. The van der Waals surface area contributed by atoms with Gasteiger partial charge in [-0.1, -0.05) is 56.3 Å².